The van der Waals surface area contributed by atoms with Crippen LogP contribution in [0.25, 0.3) is 44.2 Å². The molecule has 0 fully saturated rings. The quantitative estimate of drug-likeness (QED) is 0.160. The Balaban J connectivity index is 1.13. The zero-order valence-corrected chi connectivity index (χ0v) is 28.5. The Labute approximate surface area is 295 Å². The van der Waals surface area contributed by atoms with E-state index in [0.29, 0.717) is 0 Å². The molecule has 0 aromatic heterocycles. The number of rotatable bonds is 8. The van der Waals surface area contributed by atoms with Crippen molar-refractivity contribution < 1.29 is 0 Å². The number of hydrogen-bond donors (Lipinski definition) is 0. The monoisotopic (exact) mass is 641 g/mol. The average Bonchev–Trinajstić information content (AvgIpc) is 3.19. The van der Waals surface area contributed by atoms with E-state index < -0.39 is 0 Å². The van der Waals surface area contributed by atoms with Gasteiger partial charge in [-0.2, -0.15) is 0 Å². The normalized spacial score (nSPS) is 11.4. The second-order valence-corrected chi connectivity index (χ2v) is 13.5. The van der Waals surface area contributed by atoms with Crippen LogP contribution in [-0.2, 0) is 5.41 Å². The molecule has 240 valence electrons. The molecule has 0 spiro atoms. The van der Waals surface area contributed by atoms with E-state index in [1.54, 1.807) is 0 Å². The molecular formula is C49H39N. The Morgan fingerprint density at radius 3 is 1.10 bits per heavy atom. The summed E-state index contributed by atoms with van der Waals surface area (Å²) in [6.45, 7) is 4.63. The lowest BCUT2D eigenvalue weighted by Gasteiger charge is -2.29. The van der Waals surface area contributed by atoms with E-state index in [0.717, 1.165) is 17.1 Å². The lowest BCUT2D eigenvalue weighted by atomic mass is 9.77. The zero-order valence-electron chi connectivity index (χ0n) is 28.5. The van der Waals surface area contributed by atoms with Gasteiger partial charge in [0.1, 0.15) is 0 Å². The highest BCUT2D eigenvalue weighted by Gasteiger charge is 2.24. The first-order chi connectivity index (χ1) is 24.5. The number of benzene rings is 8. The number of nitrogens with zero attached hydrogens (tertiary/aromatic N) is 1. The van der Waals surface area contributed by atoms with Crippen LogP contribution in [0, 0.1) is 0 Å². The fraction of sp³-hybridized carbons (Fsp3) is 0.0612. The molecule has 0 amide bonds. The highest BCUT2D eigenvalue weighted by molar-refractivity contribution is 5.84. The smallest absolute Gasteiger partial charge is 0.0462 e. The van der Waals surface area contributed by atoms with Gasteiger partial charge in [0.25, 0.3) is 0 Å². The van der Waals surface area contributed by atoms with Gasteiger partial charge in [-0.1, -0.05) is 178 Å². The van der Waals surface area contributed by atoms with Crippen LogP contribution in [0.15, 0.2) is 200 Å². The van der Waals surface area contributed by atoms with Crippen molar-refractivity contribution >= 4 is 27.8 Å². The van der Waals surface area contributed by atoms with Gasteiger partial charge >= 0.3 is 0 Å². The van der Waals surface area contributed by atoms with E-state index >= 15 is 0 Å². The summed E-state index contributed by atoms with van der Waals surface area (Å²) >= 11 is 0. The molecule has 8 rings (SSSR count). The third-order valence-corrected chi connectivity index (χ3v) is 10.0. The fourth-order valence-electron chi connectivity index (χ4n) is 6.94. The van der Waals surface area contributed by atoms with E-state index in [4.69, 9.17) is 0 Å². The highest BCUT2D eigenvalue weighted by Crippen LogP contribution is 2.39. The lowest BCUT2D eigenvalue weighted by Crippen LogP contribution is -2.19. The van der Waals surface area contributed by atoms with Crippen LogP contribution in [0.4, 0.5) is 17.1 Å². The van der Waals surface area contributed by atoms with Crippen LogP contribution in [0.3, 0.4) is 0 Å². The van der Waals surface area contributed by atoms with Crippen molar-refractivity contribution in [3.05, 3.63) is 211 Å². The molecule has 50 heavy (non-hydrogen) atoms. The molecule has 0 N–H and O–H groups in total. The maximum Gasteiger partial charge on any atom is 0.0462 e. The van der Waals surface area contributed by atoms with E-state index in [9.17, 15) is 0 Å². The van der Waals surface area contributed by atoms with E-state index in [1.165, 1.54) is 55.3 Å². The van der Waals surface area contributed by atoms with Crippen molar-refractivity contribution in [1.82, 2.24) is 0 Å². The second kappa shape index (κ2) is 13.4. The first-order valence-electron chi connectivity index (χ1n) is 17.3. The Morgan fingerprint density at radius 2 is 0.640 bits per heavy atom. The minimum Gasteiger partial charge on any atom is -0.311 e. The topological polar surface area (TPSA) is 3.24 Å². The van der Waals surface area contributed by atoms with Gasteiger partial charge in [-0.3, -0.25) is 0 Å². The predicted molar refractivity (Wildman–Crippen MR) is 214 cm³/mol. The summed E-state index contributed by atoms with van der Waals surface area (Å²) in [6.07, 6.45) is 0. The molecule has 8 aromatic carbocycles. The van der Waals surface area contributed by atoms with Gasteiger partial charge < -0.3 is 4.90 Å². The average molecular weight is 642 g/mol. The lowest BCUT2D eigenvalue weighted by molar-refractivity contribution is 0.642. The third-order valence-electron chi connectivity index (χ3n) is 10.0. The van der Waals surface area contributed by atoms with Crippen molar-refractivity contribution in [1.29, 1.82) is 0 Å². The van der Waals surface area contributed by atoms with Crippen LogP contribution in [-0.4, -0.2) is 0 Å². The molecule has 0 saturated heterocycles. The van der Waals surface area contributed by atoms with Gasteiger partial charge in [-0.25, -0.2) is 0 Å². The van der Waals surface area contributed by atoms with Gasteiger partial charge in [-0.15, -0.1) is 0 Å². The molecule has 0 aliphatic carbocycles. The standard InChI is InChI=1S/C49H39N/c1-49(2,45-26-21-38-15-9-10-16-43(38)35-45)44-27-33-48(34-28-44)50(46-29-22-41(23-30-46)37-13-7-4-8-14-37)47-31-24-42(25-32-47)40-19-17-39(18-20-40)36-11-5-3-6-12-36/h3-35H,1-2H3. The maximum atomic E-state index is 2.35. The molecule has 1 heteroatoms. The number of hydrogen-bond acceptors (Lipinski definition) is 1. The summed E-state index contributed by atoms with van der Waals surface area (Å²) in [5, 5.41) is 2.54. The molecule has 0 aliphatic heterocycles. The first kappa shape index (κ1) is 31.1. The highest BCUT2D eigenvalue weighted by atomic mass is 15.1. The molecule has 0 atom stereocenters. The van der Waals surface area contributed by atoms with Crippen LogP contribution < -0.4 is 4.90 Å². The zero-order chi connectivity index (χ0) is 33.9. The second-order valence-electron chi connectivity index (χ2n) is 13.5. The van der Waals surface area contributed by atoms with Crippen LogP contribution in [0.5, 0.6) is 0 Å². The van der Waals surface area contributed by atoms with E-state index in [-0.39, 0.29) is 5.41 Å². The van der Waals surface area contributed by atoms with Crippen molar-refractivity contribution in [3.8, 4) is 33.4 Å². The molecule has 1 nitrogen and oxygen atoms in total. The van der Waals surface area contributed by atoms with Gasteiger partial charge in [-0.05, 0) is 91.7 Å². The molecule has 0 heterocycles. The molecular weight excluding hydrogens is 603 g/mol. The van der Waals surface area contributed by atoms with Crippen LogP contribution in [0.1, 0.15) is 25.0 Å². The molecule has 0 unspecified atom stereocenters. The summed E-state index contributed by atoms with van der Waals surface area (Å²) in [5.74, 6) is 0. The van der Waals surface area contributed by atoms with Crippen molar-refractivity contribution in [3.63, 3.8) is 0 Å². The van der Waals surface area contributed by atoms with Crippen molar-refractivity contribution in [2.45, 2.75) is 19.3 Å². The van der Waals surface area contributed by atoms with Gasteiger partial charge in [0, 0.05) is 22.5 Å². The number of anilines is 3. The maximum absolute atomic E-state index is 2.35. The van der Waals surface area contributed by atoms with Crippen molar-refractivity contribution in [2.75, 3.05) is 4.90 Å². The van der Waals surface area contributed by atoms with E-state index in [2.05, 4.69) is 219 Å². The molecule has 0 saturated carbocycles. The molecule has 0 bridgehead atoms. The summed E-state index contributed by atoms with van der Waals surface area (Å²) in [6, 6.07) is 72.3. The van der Waals surface area contributed by atoms with Gasteiger partial charge in [0.15, 0.2) is 0 Å². The third kappa shape index (κ3) is 6.22. The van der Waals surface area contributed by atoms with Gasteiger partial charge in [0.05, 0.1) is 0 Å². The minimum atomic E-state index is -0.150. The SMILES string of the molecule is CC(C)(c1ccc(N(c2ccc(-c3ccccc3)cc2)c2ccc(-c3ccc(-c4ccccc4)cc3)cc2)cc1)c1ccc2ccccc2c1. The summed E-state index contributed by atoms with van der Waals surface area (Å²) in [7, 11) is 0. The summed E-state index contributed by atoms with van der Waals surface area (Å²) in [4.78, 5) is 2.35. The minimum absolute atomic E-state index is 0.150. The Hall–Kier alpha value is -6.18. The molecule has 0 aliphatic rings. The number of fused-ring (bicyclic) bond motifs is 1. The first-order valence-corrected chi connectivity index (χ1v) is 17.3. The van der Waals surface area contributed by atoms with Gasteiger partial charge in [0.2, 0.25) is 0 Å². The fourth-order valence-corrected chi connectivity index (χ4v) is 6.94. The Morgan fingerprint density at radius 1 is 0.300 bits per heavy atom. The molecule has 8 aromatic rings. The predicted octanol–water partition coefficient (Wildman–Crippen LogP) is 13.6. The summed E-state index contributed by atoms with van der Waals surface area (Å²) < 4.78 is 0. The van der Waals surface area contributed by atoms with Crippen LogP contribution in [0.2, 0.25) is 0 Å². The molecule has 0 radical (unpaired) electrons. The van der Waals surface area contributed by atoms with Crippen molar-refractivity contribution in [2.24, 2.45) is 0 Å². The van der Waals surface area contributed by atoms with Crippen LogP contribution >= 0.6 is 0 Å². The Bertz CT molecular complexity index is 2340. The Kier molecular flexibility index (Phi) is 8.32. The van der Waals surface area contributed by atoms with E-state index in [1.807, 2.05) is 0 Å². The summed E-state index contributed by atoms with van der Waals surface area (Å²) in [5.41, 5.74) is 13.1. The largest absolute Gasteiger partial charge is 0.311 e.